The molecule has 0 amide bonds. The average molecular weight is 446 g/mol. The molecule has 0 radical (unpaired) electrons. The van der Waals surface area contributed by atoms with Crippen LogP contribution in [0.3, 0.4) is 0 Å². The van der Waals surface area contributed by atoms with Crippen molar-refractivity contribution < 1.29 is 38.4 Å². The van der Waals surface area contributed by atoms with E-state index in [1.54, 1.807) is 12.7 Å². The maximum atomic E-state index is 8.49. The van der Waals surface area contributed by atoms with Gasteiger partial charge >= 0.3 is 0 Å². The van der Waals surface area contributed by atoms with Crippen LogP contribution in [0.25, 0.3) is 11.2 Å². The molecule has 2 aromatic carbocycles. The molecule has 31 heavy (non-hydrogen) atoms. The number of nitrogens with two attached hydrogens (primary N) is 1. The van der Waals surface area contributed by atoms with Gasteiger partial charge in [0.1, 0.15) is 0 Å². The Hall–Kier alpha value is -3.28. The maximum absolute atomic E-state index is 8.49. The van der Waals surface area contributed by atoms with Crippen LogP contribution in [0.4, 0.5) is 5.82 Å². The molecule has 0 atom stereocenters. The molecule has 4 rings (SSSR count). The quantitative estimate of drug-likeness (QED) is 0.330. The fourth-order valence-electron chi connectivity index (χ4n) is 2.91. The lowest BCUT2D eigenvalue weighted by Crippen LogP contribution is -2.68. The number of fused-ring (bicyclic) bond motifs is 1. The predicted molar refractivity (Wildman–Crippen MR) is 99.1 cm³/mol. The van der Waals surface area contributed by atoms with Crippen LogP contribution in [0.2, 0.25) is 0 Å². The summed E-state index contributed by atoms with van der Waals surface area (Å²) in [7, 11) is -4.94. The molecular formula is C20H20ClN5O5. The van der Waals surface area contributed by atoms with E-state index in [2.05, 4.69) is 41.2 Å². The van der Waals surface area contributed by atoms with Gasteiger partial charge in [-0.3, -0.25) is 4.57 Å². The second-order valence-electron chi connectivity index (χ2n) is 6.63. The van der Waals surface area contributed by atoms with Gasteiger partial charge in [-0.2, -0.15) is 0 Å². The van der Waals surface area contributed by atoms with Gasteiger partial charge < -0.3 is 10.6 Å². The van der Waals surface area contributed by atoms with Crippen molar-refractivity contribution in [1.29, 1.82) is 0 Å². The zero-order chi connectivity index (χ0) is 22.4. The van der Waals surface area contributed by atoms with Crippen LogP contribution >= 0.6 is 0 Å². The second kappa shape index (κ2) is 9.69. The van der Waals surface area contributed by atoms with Crippen molar-refractivity contribution in [3.63, 3.8) is 0 Å². The predicted octanol–water partition coefficient (Wildman–Crippen LogP) is -2.47. The van der Waals surface area contributed by atoms with E-state index < -0.39 is 10.2 Å². The largest absolute Gasteiger partial charge is 0.352 e. The van der Waals surface area contributed by atoms with Gasteiger partial charge in [-0.25, -0.2) is 23.6 Å². The summed E-state index contributed by atoms with van der Waals surface area (Å²) >= 11 is 0. The van der Waals surface area contributed by atoms with Gasteiger partial charge in [0.05, 0.1) is 12.9 Å². The molecule has 2 N–H and O–H groups in total. The summed E-state index contributed by atoms with van der Waals surface area (Å²) in [6.07, 6.45) is 3.35. The maximum Gasteiger partial charge on any atom is 0.289 e. The topological polar surface area (TPSA) is 162 Å². The average Bonchev–Trinajstić information content (AvgIpc) is 3.11. The van der Waals surface area contributed by atoms with E-state index in [9.17, 15) is 0 Å². The number of nitrogens with zero attached hydrogens (tertiary/aromatic N) is 4. The molecule has 0 spiro atoms. The SMILES string of the molecule is Cc1cccc(CO[n+]2cnc3c(ncn3Cc3ccccc3)c2N)c1.[O-][Cl+3]([O-])([O-])[O-]. The molecule has 10 nitrogen and oxygen atoms in total. The van der Waals surface area contributed by atoms with Crippen molar-refractivity contribution in [1.82, 2.24) is 14.5 Å². The molecule has 2 heterocycles. The smallest absolute Gasteiger partial charge is 0.289 e. The third kappa shape index (κ3) is 6.60. The van der Waals surface area contributed by atoms with Crippen molar-refractivity contribution >= 4 is 17.0 Å². The molecule has 0 bridgehead atoms. The number of aromatic nitrogens is 4. The van der Waals surface area contributed by atoms with E-state index in [1.165, 1.54) is 15.9 Å². The first-order valence-corrected chi connectivity index (χ1v) is 10.3. The Morgan fingerprint density at radius 3 is 2.35 bits per heavy atom. The van der Waals surface area contributed by atoms with Crippen molar-refractivity contribution in [3.8, 4) is 0 Å². The minimum absolute atomic E-state index is 0.411. The van der Waals surface area contributed by atoms with Gasteiger partial charge in [0, 0.05) is 0 Å². The molecule has 11 heteroatoms. The molecule has 0 unspecified atom stereocenters. The van der Waals surface area contributed by atoms with Crippen LogP contribution < -0.4 is 33.9 Å². The molecule has 0 saturated heterocycles. The van der Waals surface area contributed by atoms with E-state index in [4.69, 9.17) is 29.2 Å². The fraction of sp³-hybridized carbons (Fsp3) is 0.150. The Balaban J connectivity index is 0.000000491. The molecule has 0 aliphatic rings. The molecule has 4 aromatic rings. The number of imidazole rings is 1. The van der Waals surface area contributed by atoms with Gasteiger partial charge in [0.25, 0.3) is 12.1 Å². The van der Waals surface area contributed by atoms with Gasteiger partial charge in [-0.15, -0.1) is 10.2 Å². The van der Waals surface area contributed by atoms with E-state index in [-0.39, 0.29) is 0 Å². The zero-order valence-corrected chi connectivity index (χ0v) is 17.3. The number of hydrogen-bond acceptors (Lipinski definition) is 8. The number of hydrogen-bond donors (Lipinski definition) is 1. The summed E-state index contributed by atoms with van der Waals surface area (Å²) in [4.78, 5) is 14.7. The number of rotatable bonds is 5. The van der Waals surface area contributed by atoms with Crippen LogP contribution in [0.5, 0.6) is 0 Å². The number of benzene rings is 2. The highest BCUT2D eigenvalue weighted by molar-refractivity contribution is 5.79. The lowest BCUT2D eigenvalue weighted by Gasteiger charge is -2.17. The van der Waals surface area contributed by atoms with E-state index in [1.807, 2.05) is 34.9 Å². The first-order valence-electron chi connectivity index (χ1n) is 9.06. The monoisotopic (exact) mass is 445 g/mol. The van der Waals surface area contributed by atoms with E-state index in [0.717, 1.165) is 11.2 Å². The highest BCUT2D eigenvalue weighted by Crippen LogP contribution is 2.15. The van der Waals surface area contributed by atoms with Crippen molar-refractivity contribution in [2.45, 2.75) is 20.1 Å². The number of aryl methyl sites for hydroxylation is 1. The third-order valence-corrected chi connectivity index (χ3v) is 4.22. The van der Waals surface area contributed by atoms with Crippen LogP contribution in [-0.2, 0) is 13.2 Å². The first-order chi connectivity index (χ1) is 14.7. The zero-order valence-electron chi connectivity index (χ0n) is 16.6. The van der Waals surface area contributed by atoms with E-state index >= 15 is 0 Å². The van der Waals surface area contributed by atoms with Gasteiger partial charge in [0.15, 0.2) is 6.61 Å². The number of nitrogen functional groups attached to an aromatic ring is 1. The molecule has 0 saturated carbocycles. The summed E-state index contributed by atoms with van der Waals surface area (Å²) in [5.41, 5.74) is 11.1. The van der Waals surface area contributed by atoms with Crippen molar-refractivity contribution in [2.75, 3.05) is 5.73 Å². The van der Waals surface area contributed by atoms with Crippen LogP contribution in [0.1, 0.15) is 16.7 Å². The normalized spacial score (nSPS) is 11.1. The molecule has 0 aliphatic carbocycles. The Bertz CT molecular complexity index is 1140. The Morgan fingerprint density at radius 1 is 1.00 bits per heavy atom. The summed E-state index contributed by atoms with van der Waals surface area (Å²) < 4.78 is 37.4. The fourth-order valence-corrected chi connectivity index (χ4v) is 2.91. The van der Waals surface area contributed by atoms with Gasteiger partial charge in [0.2, 0.25) is 11.2 Å². The molecule has 0 fully saturated rings. The summed E-state index contributed by atoms with van der Waals surface area (Å²) in [6, 6.07) is 18.3. The minimum Gasteiger partial charge on any atom is -0.352 e. The number of anilines is 1. The Morgan fingerprint density at radius 2 is 1.68 bits per heavy atom. The van der Waals surface area contributed by atoms with Gasteiger partial charge in [-0.05, 0) is 18.1 Å². The van der Waals surface area contributed by atoms with Crippen molar-refractivity contribution in [2.24, 2.45) is 0 Å². The molecular weight excluding hydrogens is 426 g/mol. The molecule has 0 aliphatic heterocycles. The van der Waals surface area contributed by atoms with Crippen LogP contribution in [0, 0.1) is 17.2 Å². The highest BCUT2D eigenvalue weighted by Gasteiger charge is 2.18. The molecule has 2 aromatic heterocycles. The summed E-state index contributed by atoms with van der Waals surface area (Å²) in [5, 5.41) is 0. The lowest BCUT2D eigenvalue weighted by atomic mass is 10.1. The lowest BCUT2D eigenvalue weighted by molar-refractivity contribution is -2.00. The highest BCUT2D eigenvalue weighted by atomic mass is 35.7. The Labute approximate surface area is 180 Å². The van der Waals surface area contributed by atoms with E-state index in [0.29, 0.717) is 24.5 Å². The van der Waals surface area contributed by atoms with Gasteiger partial charge in [-0.1, -0.05) is 69.9 Å². The second-order valence-corrected chi connectivity index (χ2v) is 7.38. The minimum atomic E-state index is -4.94. The standard InChI is InChI=1S/C20H19N5O.ClHO4/c1-15-6-5-9-17(10-15)12-26-25-14-23-20-18(19(25)21)22-13-24(20)11-16-7-3-2-4-8-16;2-1(3,4)5/h2-10,13-14,21H,11-12H2,1H3;(H,2,3,4,5). The summed E-state index contributed by atoms with van der Waals surface area (Å²) in [6.45, 7) is 3.16. The third-order valence-electron chi connectivity index (χ3n) is 4.22. The van der Waals surface area contributed by atoms with Crippen LogP contribution in [-0.4, -0.2) is 14.5 Å². The first kappa shape index (κ1) is 22.4. The molecule has 162 valence electrons. The number of halogens is 1. The summed E-state index contributed by atoms with van der Waals surface area (Å²) in [5.74, 6) is 0.439. The van der Waals surface area contributed by atoms with Crippen molar-refractivity contribution in [3.05, 3.63) is 83.9 Å². The van der Waals surface area contributed by atoms with Crippen LogP contribution in [0.15, 0.2) is 67.3 Å². The Kier molecular flexibility index (Phi) is 7.00.